The molecule has 0 spiro atoms. The number of amides is 1. The van der Waals surface area contributed by atoms with E-state index >= 15 is 0 Å². The lowest BCUT2D eigenvalue weighted by Crippen LogP contribution is -2.44. The van der Waals surface area contributed by atoms with Crippen LogP contribution in [0, 0.1) is 11.8 Å². The van der Waals surface area contributed by atoms with Gasteiger partial charge in [-0.25, -0.2) is 0 Å². The SMILES string of the molecule is CCC(C)C1NC(CC(C)C)N(C2CCC(SC)C2)C1=O. The fourth-order valence-corrected chi connectivity index (χ4v) is 4.55. The second-order valence-corrected chi connectivity index (χ2v) is 8.38. The minimum absolute atomic E-state index is 0.0343. The van der Waals surface area contributed by atoms with Crippen LogP contribution in [0.15, 0.2) is 0 Å². The molecule has 1 amide bonds. The molecule has 21 heavy (non-hydrogen) atoms. The van der Waals surface area contributed by atoms with Crippen LogP contribution in [-0.2, 0) is 4.79 Å². The van der Waals surface area contributed by atoms with E-state index in [4.69, 9.17) is 0 Å². The first-order valence-corrected chi connectivity index (χ1v) is 9.87. The molecule has 1 aliphatic heterocycles. The van der Waals surface area contributed by atoms with Gasteiger partial charge in [0.1, 0.15) is 0 Å². The van der Waals surface area contributed by atoms with Crippen LogP contribution in [0.5, 0.6) is 0 Å². The smallest absolute Gasteiger partial charge is 0.241 e. The van der Waals surface area contributed by atoms with E-state index in [1.807, 2.05) is 11.8 Å². The van der Waals surface area contributed by atoms with Crippen LogP contribution >= 0.6 is 11.8 Å². The maximum absolute atomic E-state index is 12.9. The molecule has 122 valence electrons. The van der Waals surface area contributed by atoms with Crippen molar-refractivity contribution in [1.29, 1.82) is 0 Å². The van der Waals surface area contributed by atoms with E-state index < -0.39 is 0 Å². The fourth-order valence-electron chi connectivity index (χ4n) is 3.76. The number of thioether (sulfide) groups is 1. The van der Waals surface area contributed by atoms with Gasteiger partial charge in [-0.3, -0.25) is 10.1 Å². The van der Waals surface area contributed by atoms with E-state index in [1.54, 1.807) is 0 Å². The second-order valence-electron chi connectivity index (χ2n) is 7.25. The standard InChI is InChI=1S/C17H32N2OS/c1-6-12(4)16-17(20)19(15(18-16)9-11(2)3)13-7-8-14(10-13)21-5/h11-16,18H,6-10H2,1-5H3. The van der Waals surface area contributed by atoms with Crippen LogP contribution < -0.4 is 5.32 Å². The van der Waals surface area contributed by atoms with E-state index in [1.165, 1.54) is 19.3 Å². The minimum atomic E-state index is 0.0343. The third kappa shape index (κ3) is 3.76. The number of nitrogens with one attached hydrogen (secondary N) is 1. The Kier molecular flexibility index (Phi) is 6.01. The van der Waals surface area contributed by atoms with Gasteiger partial charge in [0.05, 0.1) is 12.2 Å². The molecule has 0 aromatic carbocycles. The monoisotopic (exact) mass is 312 g/mol. The normalized spacial score (nSPS) is 35.0. The summed E-state index contributed by atoms with van der Waals surface area (Å²) in [5.74, 6) is 1.41. The van der Waals surface area contributed by atoms with Crippen molar-refractivity contribution in [2.24, 2.45) is 11.8 Å². The summed E-state index contributed by atoms with van der Waals surface area (Å²) < 4.78 is 0. The van der Waals surface area contributed by atoms with Crippen molar-refractivity contribution >= 4 is 17.7 Å². The summed E-state index contributed by atoms with van der Waals surface area (Å²) in [4.78, 5) is 15.2. The zero-order valence-electron chi connectivity index (χ0n) is 14.3. The first-order valence-electron chi connectivity index (χ1n) is 8.58. The van der Waals surface area contributed by atoms with Crippen LogP contribution in [0.4, 0.5) is 0 Å². The third-order valence-corrected chi connectivity index (χ3v) is 6.31. The molecule has 1 heterocycles. The largest absolute Gasteiger partial charge is 0.323 e. The van der Waals surface area contributed by atoms with E-state index in [-0.39, 0.29) is 12.2 Å². The molecule has 1 saturated carbocycles. The molecule has 0 aromatic heterocycles. The molecule has 2 aliphatic rings. The van der Waals surface area contributed by atoms with Gasteiger partial charge < -0.3 is 4.90 Å². The van der Waals surface area contributed by atoms with Crippen LogP contribution in [0.25, 0.3) is 0 Å². The first kappa shape index (κ1) is 17.1. The fraction of sp³-hybridized carbons (Fsp3) is 0.941. The van der Waals surface area contributed by atoms with E-state index in [0.29, 0.717) is 23.8 Å². The summed E-state index contributed by atoms with van der Waals surface area (Å²) in [6.07, 6.45) is 8.20. The lowest BCUT2D eigenvalue weighted by Gasteiger charge is -2.31. The highest BCUT2D eigenvalue weighted by atomic mass is 32.2. The van der Waals surface area contributed by atoms with Gasteiger partial charge in [-0.2, -0.15) is 11.8 Å². The molecule has 2 fully saturated rings. The number of rotatable bonds is 6. The average molecular weight is 313 g/mol. The predicted octanol–water partition coefficient (Wildman–Crippen LogP) is 3.49. The number of nitrogens with zero attached hydrogens (tertiary/aromatic N) is 1. The van der Waals surface area contributed by atoms with Gasteiger partial charge >= 0.3 is 0 Å². The molecule has 4 heteroatoms. The maximum atomic E-state index is 12.9. The number of hydrogen-bond donors (Lipinski definition) is 1. The molecule has 3 nitrogen and oxygen atoms in total. The van der Waals surface area contributed by atoms with Gasteiger partial charge in [-0.15, -0.1) is 0 Å². The van der Waals surface area contributed by atoms with Crippen molar-refractivity contribution in [3.05, 3.63) is 0 Å². The van der Waals surface area contributed by atoms with Crippen LogP contribution in [0.2, 0.25) is 0 Å². The Morgan fingerprint density at radius 1 is 1.33 bits per heavy atom. The maximum Gasteiger partial charge on any atom is 0.241 e. The van der Waals surface area contributed by atoms with Crippen molar-refractivity contribution in [1.82, 2.24) is 10.2 Å². The molecule has 1 saturated heterocycles. The quantitative estimate of drug-likeness (QED) is 0.815. The highest BCUT2D eigenvalue weighted by molar-refractivity contribution is 7.99. The van der Waals surface area contributed by atoms with Gasteiger partial charge in [0, 0.05) is 11.3 Å². The molecular formula is C17H32N2OS. The van der Waals surface area contributed by atoms with Gasteiger partial charge in [-0.1, -0.05) is 34.1 Å². The Morgan fingerprint density at radius 2 is 2.05 bits per heavy atom. The zero-order chi connectivity index (χ0) is 15.6. The second kappa shape index (κ2) is 7.36. The lowest BCUT2D eigenvalue weighted by molar-refractivity contribution is -0.133. The molecule has 0 aromatic rings. The third-order valence-electron chi connectivity index (χ3n) is 5.22. The number of carbonyl (C=O) groups excluding carboxylic acids is 1. The topological polar surface area (TPSA) is 32.3 Å². The van der Waals surface area contributed by atoms with Crippen molar-refractivity contribution < 1.29 is 4.79 Å². The summed E-state index contributed by atoms with van der Waals surface area (Å²) in [6, 6.07) is 0.493. The molecule has 5 unspecified atom stereocenters. The minimum Gasteiger partial charge on any atom is -0.323 e. The van der Waals surface area contributed by atoms with Gasteiger partial charge in [0.15, 0.2) is 0 Å². The summed E-state index contributed by atoms with van der Waals surface area (Å²) in [7, 11) is 0. The average Bonchev–Trinajstić information content (AvgIpc) is 3.02. The Morgan fingerprint density at radius 3 is 2.57 bits per heavy atom. The highest BCUT2D eigenvalue weighted by Crippen LogP contribution is 2.35. The van der Waals surface area contributed by atoms with Crippen molar-refractivity contribution in [2.45, 2.75) is 83.3 Å². The Hall–Kier alpha value is -0.220. The van der Waals surface area contributed by atoms with Gasteiger partial charge in [0.2, 0.25) is 5.91 Å². The summed E-state index contributed by atoms with van der Waals surface area (Å²) in [5, 5.41) is 4.39. The molecule has 1 N–H and O–H groups in total. The van der Waals surface area contributed by atoms with Crippen molar-refractivity contribution in [3.63, 3.8) is 0 Å². The van der Waals surface area contributed by atoms with Crippen molar-refractivity contribution in [3.8, 4) is 0 Å². The molecule has 1 aliphatic carbocycles. The highest BCUT2D eigenvalue weighted by Gasteiger charge is 2.45. The van der Waals surface area contributed by atoms with Crippen LogP contribution in [-0.4, -0.2) is 40.6 Å². The molecular weight excluding hydrogens is 280 g/mol. The van der Waals surface area contributed by atoms with Crippen LogP contribution in [0.3, 0.4) is 0 Å². The predicted molar refractivity (Wildman–Crippen MR) is 91.4 cm³/mol. The van der Waals surface area contributed by atoms with E-state index in [2.05, 4.69) is 44.2 Å². The van der Waals surface area contributed by atoms with Gasteiger partial charge in [-0.05, 0) is 43.8 Å². The summed E-state index contributed by atoms with van der Waals surface area (Å²) in [6.45, 7) is 8.88. The van der Waals surface area contributed by atoms with Crippen molar-refractivity contribution in [2.75, 3.05) is 6.26 Å². The van der Waals surface area contributed by atoms with Gasteiger partial charge in [0.25, 0.3) is 0 Å². The number of carbonyl (C=O) groups is 1. The molecule has 0 bridgehead atoms. The Labute approximate surface area is 134 Å². The molecule has 2 rings (SSSR count). The van der Waals surface area contributed by atoms with E-state index in [9.17, 15) is 4.79 Å². The zero-order valence-corrected chi connectivity index (χ0v) is 15.1. The molecule has 0 radical (unpaired) electrons. The summed E-state index contributed by atoms with van der Waals surface area (Å²) in [5.41, 5.74) is 0. The number of hydrogen-bond acceptors (Lipinski definition) is 3. The van der Waals surface area contributed by atoms with Crippen LogP contribution in [0.1, 0.15) is 59.8 Å². The molecule has 5 atom stereocenters. The van der Waals surface area contributed by atoms with E-state index in [0.717, 1.165) is 18.1 Å². The summed E-state index contributed by atoms with van der Waals surface area (Å²) >= 11 is 1.96. The first-order chi connectivity index (χ1) is 9.97. The Bertz CT molecular complexity index is 361. The lowest BCUT2D eigenvalue weighted by atomic mass is 9.99. The Balaban J connectivity index is 2.12.